The van der Waals surface area contributed by atoms with E-state index < -0.39 is 42.7 Å². The van der Waals surface area contributed by atoms with Crippen molar-refractivity contribution in [3.05, 3.63) is 6.20 Å². The van der Waals surface area contributed by atoms with Gasteiger partial charge in [0.25, 0.3) is 0 Å². The van der Waals surface area contributed by atoms with E-state index in [2.05, 4.69) is 27.9 Å². The second-order valence-electron chi connectivity index (χ2n) is 9.06. The highest BCUT2D eigenvalue weighted by molar-refractivity contribution is 7.99. The van der Waals surface area contributed by atoms with Crippen molar-refractivity contribution in [2.75, 3.05) is 16.8 Å². The average Bonchev–Trinajstić information content (AvgIpc) is 3.29. The first-order chi connectivity index (χ1) is 17.3. The SMILES string of the molecule is CCCCCCCCC(=O)N[C@H](CSCCC)C(=O)Nc1cn(CC2OC(O)C(O)C(O)C2O)nn1. The zero-order valence-electron chi connectivity index (χ0n) is 21.1. The van der Waals surface area contributed by atoms with Crippen molar-refractivity contribution >= 4 is 29.4 Å². The number of ether oxygens (including phenoxy) is 1. The van der Waals surface area contributed by atoms with E-state index in [0.717, 1.165) is 31.4 Å². The summed E-state index contributed by atoms with van der Waals surface area (Å²) in [4.78, 5) is 25.3. The molecule has 5 unspecified atom stereocenters. The molecule has 13 heteroatoms. The van der Waals surface area contributed by atoms with Crippen molar-refractivity contribution in [2.45, 2.75) is 109 Å². The van der Waals surface area contributed by atoms with Crippen LogP contribution in [0.1, 0.15) is 65.2 Å². The van der Waals surface area contributed by atoms with Crippen molar-refractivity contribution in [2.24, 2.45) is 0 Å². The van der Waals surface area contributed by atoms with Gasteiger partial charge in [-0.3, -0.25) is 9.59 Å². The van der Waals surface area contributed by atoms with Gasteiger partial charge >= 0.3 is 0 Å². The smallest absolute Gasteiger partial charge is 0.249 e. The molecule has 206 valence electrons. The number of aliphatic hydroxyl groups excluding tert-OH is 4. The molecule has 0 saturated carbocycles. The van der Waals surface area contributed by atoms with Crippen molar-refractivity contribution < 1.29 is 34.8 Å². The van der Waals surface area contributed by atoms with Crippen molar-refractivity contribution in [1.29, 1.82) is 0 Å². The van der Waals surface area contributed by atoms with Gasteiger partial charge < -0.3 is 35.8 Å². The lowest BCUT2D eigenvalue weighted by Gasteiger charge is -2.38. The third kappa shape index (κ3) is 9.94. The average molecular weight is 532 g/mol. The predicted molar refractivity (Wildman–Crippen MR) is 135 cm³/mol. The molecular weight excluding hydrogens is 490 g/mol. The minimum absolute atomic E-state index is 0.0876. The minimum atomic E-state index is -1.66. The van der Waals surface area contributed by atoms with Crippen molar-refractivity contribution in [3.63, 3.8) is 0 Å². The van der Waals surface area contributed by atoms with Gasteiger partial charge in [-0.15, -0.1) is 5.10 Å². The number of rotatable bonds is 16. The van der Waals surface area contributed by atoms with Crippen LogP contribution < -0.4 is 10.6 Å². The van der Waals surface area contributed by atoms with E-state index in [1.54, 1.807) is 11.8 Å². The molecule has 0 bridgehead atoms. The topological polar surface area (TPSA) is 179 Å². The summed E-state index contributed by atoms with van der Waals surface area (Å²) in [7, 11) is 0. The molecule has 0 aromatic carbocycles. The van der Waals surface area contributed by atoms with Gasteiger partial charge in [0.1, 0.15) is 30.5 Å². The summed E-state index contributed by atoms with van der Waals surface area (Å²) in [5, 5.41) is 52.5. The summed E-state index contributed by atoms with van der Waals surface area (Å²) < 4.78 is 6.42. The van der Waals surface area contributed by atoms with Crippen LogP contribution in [0.4, 0.5) is 5.82 Å². The summed E-state index contributed by atoms with van der Waals surface area (Å²) in [6.07, 6.45) is 1.81. The first-order valence-electron chi connectivity index (χ1n) is 12.7. The number of hydrogen-bond donors (Lipinski definition) is 6. The molecule has 1 fully saturated rings. The molecule has 6 atom stereocenters. The lowest BCUT2D eigenvalue weighted by molar-refractivity contribution is -0.284. The van der Waals surface area contributed by atoms with Gasteiger partial charge in [0.05, 0.1) is 12.7 Å². The number of carbonyl (C=O) groups is 2. The number of aliphatic hydroxyl groups is 4. The fourth-order valence-corrected chi connectivity index (χ4v) is 4.71. The lowest BCUT2D eigenvalue weighted by atomic mass is 9.99. The molecule has 0 aliphatic carbocycles. The second kappa shape index (κ2) is 16.2. The standard InChI is InChI=1S/C23H41N5O7S/c1-3-5-6-7-8-9-10-18(29)24-15(14-36-11-4-2)22(33)25-17-13-28(27-26-17)12-16-19(30)20(31)21(32)23(34)35-16/h13,15-16,19-21,23,30-32,34H,3-12,14H2,1-2H3,(H,24,29)(H,25,33)/t15-,16?,19?,20?,21?,23?/m1/s1. The maximum absolute atomic E-state index is 12.9. The summed E-state index contributed by atoms with van der Waals surface area (Å²) >= 11 is 1.58. The van der Waals surface area contributed by atoms with E-state index in [1.165, 1.54) is 30.1 Å². The summed E-state index contributed by atoms with van der Waals surface area (Å²) in [5.41, 5.74) is 0. The molecule has 1 aromatic heterocycles. The molecule has 2 rings (SSSR count). The first kappa shape index (κ1) is 30.5. The monoisotopic (exact) mass is 531 g/mol. The highest BCUT2D eigenvalue weighted by Gasteiger charge is 2.43. The van der Waals surface area contributed by atoms with E-state index in [-0.39, 0.29) is 18.3 Å². The van der Waals surface area contributed by atoms with Crippen LogP contribution in [0.25, 0.3) is 0 Å². The summed E-state index contributed by atoms with van der Waals surface area (Å²) in [6.45, 7) is 4.12. The summed E-state index contributed by atoms with van der Waals surface area (Å²) in [6, 6.07) is -0.727. The maximum Gasteiger partial charge on any atom is 0.249 e. The zero-order chi connectivity index (χ0) is 26.5. The Morgan fingerprint density at radius 2 is 1.78 bits per heavy atom. The Kier molecular flexibility index (Phi) is 13.7. The van der Waals surface area contributed by atoms with Crippen LogP contribution in [-0.4, -0.2) is 95.5 Å². The van der Waals surface area contributed by atoms with Gasteiger partial charge in [0.2, 0.25) is 11.8 Å². The molecule has 1 saturated heterocycles. The third-order valence-electron chi connectivity index (χ3n) is 5.89. The van der Waals surface area contributed by atoms with E-state index in [1.807, 2.05) is 6.92 Å². The Hall–Kier alpha value is -1.77. The predicted octanol–water partition coefficient (Wildman–Crippen LogP) is 0.395. The number of carbonyl (C=O) groups excluding carboxylic acids is 2. The van der Waals surface area contributed by atoms with Crippen LogP contribution in [-0.2, 0) is 20.9 Å². The molecule has 0 spiro atoms. The maximum atomic E-state index is 12.9. The van der Waals surface area contributed by atoms with Gasteiger partial charge in [0.15, 0.2) is 12.1 Å². The number of unbranched alkanes of at least 4 members (excludes halogenated alkanes) is 5. The number of aromatic nitrogens is 3. The molecule has 12 nitrogen and oxygen atoms in total. The molecule has 36 heavy (non-hydrogen) atoms. The van der Waals surface area contributed by atoms with Crippen molar-refractivity contribution in [3.8, 4) is 0 Å². The van der Waals surface area contributed by atoms with Crippen LogP contribution in [0, 0.1) is 0 Å². The van der Waals surface area contributed by atoms with Gasteiger partial charge in [-0.1, -0.05) is 51.2 Å². The Labute approximate surface area is 216 Å². The Balaban J connectivity index is 1.88. The quantitative estimate of drug-likeness (QED) is 0.163. The van der Waals surface area contributed by atoms with Crippen molar-refractivity contribution in [1.82, 2.24) is 20.3 Å². The van der Waals surface area contributed by atoms with E-state index in [4.69, 9.17) is 4.74 Å². The van der Waals surface area contributed by atoms with E-state index >= 15 is 0 Å². The van der Waals surface area contributed by atoms with Gasteiger partial charge in [-0.05, 0) is 18.6 Å². The first-order valence-corrected chi connectivity index (χ1v) is 13.9. The number of nitrogens with one attached hydrogen (secondary N) is 2. The zero-order valence-corrected chi connectivity index (χ0v) is 21.9. The highest BCUT2D eigenvalue weighted by atomic mass is 32.2. The Morgan fingerprint density at radius 1 is 1.06 bits per heavy atom. The van der Waals surface area contributed by atoms with E-state index in [9.17, 15) is 30.0 Å². The van der Waals surface area contributed by atoms with Gasteiger partial charge in [-0.2, -0.15) is 11.8 Å². The van der Waals surface area contributed by atoms with Gasteiger partial charge in [-0.25, -0.2) is 4.68 Å². The van der Waals surface area contributed by atoms with Crippen LogP contribution >= 0.6 is 11.8 Å². The molecule has 1 aromatic rings. The normalized spacial score (nSPS) is 24.9. The molecule has 1 aliphatic heterocycles. The van der Waals surface area contributed by atoms with Crippen LogP contribution in [0.15, 0.2) is 6.20 Å². The fourth-order valence-electron chi connectivity index (χ4n) is 3.79. The molecule has 2 amide bonds. The number of nitrogens with zero attached hydrogens (tertiary/aromatic N) is 3. The Morgan fingerprint density at radius 3 is 2.50 bits per heavy atom. The minimum Gasteiger partial charge on any atom is -0.388 e. The second-order valence-corrected chi connectivity index (χ2v) is 10.2. The molecule has 1 aliphatic rings. The number of hydrogen-bond acceptors (Lipinski definition) is 10. The van der Waals surface area contributed by atoms with Crippen LogP contribution in [0.2, 0.25) is 0 Å². The van der Waals surface area contributed by atoms with Crippen LogP contribution in [0.5, 0.6) is 0 Å². The number of anilines is 1. The largest absolute Gasteiger partial charge is 0.388 e. The molecule has 0 radical (unpaired) electrons. The van der Waals surface area contributed by atoms with E-state index in [0.29, 0.717) is 12.2 Å². The molecular formula is C23H41N5O7S. The number of thioether (sulfide) groups is 1. The molecule has 2 heterocycles. The van der Waals surface area contributed by atoms with Gasteiger partial charge in [0, 0.05) is 12.2 Å². The Bertz CT molecular complexity index is 799. The fraction of sp³-hybridized carbons (Fsp3) is 0.826. The third-order valence-corrected chi connectivity index (χ3v) is 7.15. The summed E-state index contributed by atoms with van der Waals surface area (Å²) in [5.74, 6) is 0.862. The molecule has 6 N–H and O–H groups in total. The number of amides is 2. The van der Waals surface area contributed by atoms with Crippen LogP contribution in [0.3, 0.4) is 0 Å². The lowest BCUT2D eigenvalue weighted by Crippen LogP contribution is -2.58. The highest BCUT2D eigenvalue weighted by Crippen LogP contribution is 2.21.